The Morgan fingerprint density at radius 2 is 1.89 bits per heavy atom. The quantitative estimate of drug-likeness (QED) is 0.351. The fourth-order valence-corrected chi connectivity index (χ4v) is 3.80. The van der Waals surface area contributed by atoms with Gasteiger partial charge in [0.1, 0.15) is 0 Å². The predicted molar refractivity (Wildman–Crippen MR) is 122 cm³/mol. The van der Waals surface area contributed by atoms with Crippen LogP contribution in [0.15, 0.2) is 72.6 Å². The van der Waals surface area contributed by atoms with E-state index in [4.69, 9.17) is 0 Å². The first-order valence-corrected chi connectivity index (χ1v) is 9.93. The molecule has 0 spiro atoms. The lowest BCUT2D eigenvalue weighted by Crippen LogP contribution is -2.12. The fourth-order valence-electron chi connectivity index (χ4n) is 3.80. The van der Waals surface area contributed by atoms with Crippen LogP contribution in [0.25, 0.3) is 27.9 Å². The fraction of sp³-hybridized carbons (Fsp3) is 0.231. The van der Waals surface area contributed by atoms with Crippen molar-refractivity contribution >= 4 is 27.9 Å². The molecule has 0 fully saturated rings. The van der Waals surface area contributed by atoms with Crippen LogP contribution >= 0.6 is 0 Å². The summed E-state index contributed by atoms with van der Waals surface area (Å²) >= 11 is 0. The summed E-state index contributed by atoms with van der Waals surface area (Å²) in [6.45, 7) is 8.86. The van der Waals surface area contributed by atoms with E-state index in [0.717, 1.165) is 6.42 Å². The van der Waals surface area contributed by atoms with Crippen molar-refractivity contribution in [2.45, 2.75) is 39.5 Å². The van der Waals surface area contributed by atoms with Crippen molar-refractivity contribution in [3.63, 3.8) is 0 Å². The van der Waals surface area contributed by atoms with Gasteiger partial charge in [-0.15, -0.1) is 0 Å². The Bertz CT molecular complexity index is 1180. The van der Waals surface area contributed by atoms with Crippen LogP contribution in [0.2, 0.25) is 0 Å². The highest BCUT2D eigenvalue weighted by molar-refractivity contribution is 5.88. The van der Waals surface area contributed by atoms with Crippen LogP contribution < -0.4 is 0 Å². The summed E-state index contributed by atoms with van der Waals surface area (Å²) in [5.41, 5.74) is 7.61. The van der Waals surface area contributed by atoms with Gasteiger partial charge in [0.2, 0.25) is 0 Å². The lowest BCUT2D eigenvalue weighted by Gasteiger charge is -2.20. The second-order valence-corrected chi connectivity index (χ2v) is 8.41. The standard InChI is InChI=1S/C26H28N2/c1-18(2)8-10-21-6-5-7-22-23(17-28-25(21)22)26(3,4)14-12-19-9-11-20-13-15-27-24(20)16-19/h5-9,11-17,27-28H,10H2,1-4H3/b14-12+. The zero-order valence-corrected chi connectivity index (χ0v) is 17.1. The summed E-state index contributed by atoms with van der Waals surface area (Å²) in [6.07, 6.45) is 12.0. The second kappa shape index (κ2) is 7.20. The molecular formula is C26H28N2. The Balaban J connectivity index is 1.67. The number of hydrogen-bond acceptors (Lipinski definition) is 0. The summed E-state index contributed by atoms with van der Waals surface area (Å²) in [6, 6.07) is 15.3. The number of hydrogen-bond donors (Lipinski definition) is 2. The molecule has 0 atom stereocenters. The Labute approximate surface area is 167 Å². The van der Waals surface area contributed by atoms with Gasteiger partial charge in [-0.2, -0.15) is 0 Å². The number of aromatic amines is 2. The van der Waals surface area contributed by atoms with E-state index in [-0.39, 0.29) is 5.41 Å². The molecule has 0 bridgehead atoms. The summed E-state index contributed by atoms with van der Waals surface area (Å²) < 4.78 is 0. The monoisotopic (exact) mass is 368 g/mol. The molecule has 0 radical (unpaired) electrons. The van der Waals surface area contributed by atoms with Gasteiger partial charge in [0.15, 0.2) is 0 Å². The minimum atomic E-state index is -0.0714. The van der Waals surface area contributed by atoms with E-state index >= 15 is 0 Å². The van der Waals surface area contributed by atoms with Gasteiger partial charge in [-0.1, -0.05) is 68.0 Å². The third-order valence-corrected chi connectivity index (χ3v) is 5.50. The maximum absolute atomic E-state index is 3.54. The molecule has 0 unspecified atom stereocenters. The highest BCUT2D eigenvalue weighted by atomic mass is 14.7. The van der Waals surface area contributed by atoms with E-state index in [2.05, 4.69) is 105 Å². The van der Waals surface area contributed by atoms with E-state index in [1.165, 1.54) is 44.1 Å². The first-order valence-electron chi connectivity index (χ1n) is 9.93. The smallest absolute Gasteiger partial charge is 0.0492 e. The molecule has 0 amide bonds. The van der Waals surface area contributed by atoms with E-state index < -0.39 is 0 Å². The van der Waals surface area contributed by atoms with Crippen molar-refractivity contribution in [1.82, 2.24) is 9.97 Å². The van der Waals surface area contributed by atoms with Crippen LogP contribution in [-0.2, 0) is 11.8 Å². The van der Waals surface area contributed by atoms with Crippen LogP contribution in [0.3, 0.4) is 0 Å². The summed E-state index contributed by atoms with van der Waals surface area (Å²) in [4.78, 5) is 6.83. The molecule has 2 nitrogen and oxygen atoms in total. The Morgan fingerprint density at radius 1 is 1.04 bits per heavy atom. The highest BCUT2D eigenvalue weighted by Gasteiger charge is 2.21. The maximum atomic E-state index is 3.54. The van der Waals surface area contributed by atoms with Crippen molar-refractivity contribution in [2.75, 3.05) is 0 Å². The van der Waals surface area contributed by atoms with E-state index in [1.807, 2.05) is 6.20 Å². The van der Waals surface area contributed by atoms with Gasteiger partial charge in [0.25, 0.3) is 0 Å². The minimum Gasteiger partial charge on any atom is -0.361 e. The molecule has 2 aromatic heterocycles. The Kier molecular flexibility index (Phi) is 4.72. The van der Waals surface area contributed by atoms with E-state index in [1.54, 1.807) is 0 Å². The van der Waals surface area contributed by atoms with Crippen LogP contribution in [0.5, 0.6) is 0 Å². The van der Waals surface area contributed by atoms with Gasteiger partial charge in [-0.25, -0.2) is 0 Å². The van der Waals surface area contributed by atoms with Crippen LogP contribution in [-0.4, -0.2) is 9.97 Å². The number of para-hydroxylation sites is 1. The number of nitrogens with one attached hydrogen (secondary N) is 2. The molecule has 4 rings (SSSR count). The molecule has 28 heavy (non-hydrogen) atoms. The molecule has 2 heteroatoms. The molecule has 0 aliphatic carbocycles. The van der Waals surface area contributed by atoms with Crippen molar-refractivity contribution in [1.29, 1.82) is 0 Å². The van der Waals surface area contributed by atoms with Crippen LogP contribution in [0.4, 0.5) is 0 Å². The van der Waals surface area contributed by atoms with Crippen LogP contribution in [0, 0.1) is 0 Å². The van der Waals surface area contributed by atoms with Crippen LogP contribution in [0.1, 0.15) is 44.4 Å². The number of aromatic nitrogens is 2. The predicted octanol–water partition coefficient (Wildman–Crippen LogP) is 7.15. The molecular weight excluding hydrogens is 340 g/mol. The van der Waals surface area contributed by atoms with Gasteiger partial charge in [0.05, 0.1) is 0 Å². The summed E-state index contributed by atoms with van der Waals surface area (Å²) in [7, 11) is 0. The van der Waals surface area contributed by atoms with Crippen molar-refractivity contribution < 1.29 is 0 Å². The third kappa shape index (κ3) is 3.55. The van der Waals surface area contributed by atoms with Gasteiger partial charge >= 0.3 is 0 Å². The normalized spacial score (nSPS) is 12.3. The SMILES string of the molecule is CC(C)=CCc1cccc2c(C(C)(C)/C=C/c3ccc4cc[nH]c4c3)c[nH]c12. The van der Waals surface area contributed by atoms with Crippen molar-refractivity contribution in [3.8, 4) is 0 Å². The lowest BCUT2D eigenvalue weighted by molar-refractivity contribution is 0.680. The average Bonchev–Trinajstić information content (AvgIpc) is 3.31. The number of fused-ring (bicyclic) bond motifs is 2. The van der Waals surface area contributed by atoms with E-state index in [0.29, 0.717) is 0 Å². The number of benzene rings is 2. The largest absolute Gasteiger partial charge is 0.361 e. The summed E-state index contributed by atoms with van der Waals surface area (Å²) in [5, 5.41) is 2.56. The summed E-state index contributed by atoms with van der Waals surface area (Å²) in [5.74, 6) is 0. The molecule has 4 aromatic rings. The molecule has 0 aliphatic heterocycles. The molecule has 2 heterocycles. The second-order valence-electron chi connectivity index (χ2n) is 8.41. The maximum Gasteiger partial charge on any atom is 0.0492 e. The van der Waals surface area contributed by atoms with Crippen molar-refractivity contribution in [3.05, 3.63) is 89.3 Å². The zero-order valence-electron chi connectivity index (χ0n) is 17.1. The van der Waals surface area contributed by atoms with Gasteiger partial charge in [-0.05, 0) is 54.5 Å². The van der Waals surface area contributed by atoms with Crippen molar-refractivity contribution in [2.24, 2.45) is 0 Å². The van der Waals surface area contributed by atoms with Gasteiger partial charge in [0, 0.05) is 34.2 Å². The first-order chi connectivity index (χ1) is 13.4. The zero-order chi connectivity index (χ0) is 19.7. The molecule has 2 N–H and O–H groups in total. The van der Waals surface area contributed by atoms with E-state index in [9.17, 15) is 0 Å². The lowest BCUT2D eigenvalue weighted by atomic mass is 9.83. The minimum absolute atomic E-state index is 0.0714. The average molecular weight is 369 g/mol. The first kappa shape index (κ1) is 18.4. The Hall–Kier alpha value is -3.00. The molecule has 0 saturated heterocycles. The molecule has 0 aliphatic rings. The van der Waals surface area contributed by atoms with Gasteiger partial charge in [-0.3, -0.25) is 0 Å². The highest BCUT2D eigenvalue weighted by Crippen LogP contribution is 2.33. The molecule has 142 valence electrons. The third-order valence-electron chi connectivity index (χ3n) is 5.50. The number of H-pyrrole nitrogens is 2. The van der Waals surface area contributed by atoms with Gasteiger partial charge < -0.3 is 9.97 Å². The number of allylic oxidation sites excluding steroid dienone is 3. The topological polar surface area (TPSA) is 31.6 Å². The Morgan fingerprint density at radius 3 is 2.71 bits per heavy atom. The molecule has 2 aromatic carbocycles. The number of rotatable bonds is 5. The molecule has 0 saturated carbocycles.